The molecule has 0 aromatic rings. The summed E-state index contributed by atoms with van der Waals surface area (Å²) in [6, 6.07) is 3.29. The highest BCUT2D eigenvalue weighted by atomic mass is 14.7. The van der Waals surface area contributed by atoms with E-state index in [1.165, 1.54) is 27.9 Å². The Labute approximate surface area is 129 Å². The quantitative estimate of drug-likeness (QED) is 0.593. The number of nitrogens with zero attached hydrogens (tertiary/aromatic N) is 1. The molecule has 0 fully saturated rings. The highest BCUT2D eigenvalue weighted by molar-refractivity contribution is 5.60. The fourth-order valence-electron chi connectivity index (χ4n) is 2.91. The van der Waals surface area contributed by atoms with Crippen molar-refractivity contribution in [1.29, 1.82) is 0 Å². The molecule has 0 aromatic heterocycles. The van der Waals surface area contributed by atoms with Crippen LogP contribution in [0.1, 0.15) is 48.0 Å². The van der Waals surface area contributed by atoms with Crippen LogP contribution in [-0.4, -0.2) is 0 Å². The van der Waals surface area contributed by atoms with E-state index in [0.717, 1.165) is 12.1 Å². The van der Waals surface area contributed by atoms with Crippen LogP contribution in [0.3, 0.4) is 0 Å². The van der Waals surface area contributed by atoms with Crippen molar-refractivity contribution >= 4 is 0 Å². The molecule has 1 atom stereocenters. The van der Waals surface area contributed by atoms with Crippen LogP contribution in [0, 0.1) is 17.9 Å². The van der Waals surface area contributed by atoms with Crippen LogP contribution in [0.4, 0.5) is 0 Å². The first kappa shape index (κ1) is 15.6. The second kappa shape index (κ2) is 6.31. The fourth-order valence-corrected chi connectivity index (χ4v) is 2.91. The molecular formula is C20H26N+. The van der Waals surface area contributed by atoms with Gasteiger partial charge in [-0.2, -0.15) is 0 Å². The van der Waals surface area contributed by atoms with Gasteiger partial charge in [0.2, 0.25) is 0 Å². The molecule has 0 amide bonds. The summed E-state index contributed by atoms with van der Waals surface area (Å²) in [6.07, 6.45) is 9.74. The molecule has 1 nitrogen and oxygen atoms in total. The van der Waals surface area contributed by atoms with Crippen LogP contribution in [0.5, 0.6) is 0 Å². The summed E-state index contributed by atoms with van der Waals surface area (Å²) in [7, 11) is 0. The molecule has 0 saturated carbocycles. The average Bonchev–Trinajstić information content (AvgIpc) is 2.55. The molecule has 1 aliphatic heterocycles. The van der Waals surface area contributed by atoms with E-state index in [0.29, 0.717) is 5.92 Å². The molecule has 0 N–H and O–H groups in total. The molecular weight excluding hydrogens is 254 g/mol. The lowest BCUT2D eigenvalue weighted by atomic mass is 9.81. The summed E-state index contributed by atoms with van der Waals surface area (Å²) in [6.45, 7) is 13.3. The van der Waals surface area contributed by atoms with Crippen LogP contribution in [0.25, 0.3) is 4.85 Å². The molecule has 1 aliphatic carbocycles. The van der Waals surface area contributed by atoms with E-state index >= 15 is 0 Å². The summed E-state index contributed by atoms with van der Waals surface area (Å²) < 4.78 is 0. The zero-order chi connectivity index (χ0) is 15.6. The van der Waals surface area contributed by atoms with Crippen LogP contribution in [0.15, 0.2) is 57.9 Å². The first-order valence-corrected chi connectivity index (χ1v) is 7.81. The standard InChI is InChI=1S/C20H26N/c1-13(2)11-19(14(3)4)20-15(5)16(6)21-12-17-9-7-8-10-18(17)20/h7-10,13,17H,11H2,1-6H3/q+1. The van der Waals surface area contributed by atoms with Gasteiger partial charge in [0.25, 0.3) is 6.07 Å². The zero-order valence-electron chi connectivity index (χ0n) is 14.1. The summed E-state index contributed by atoms with van der Waals surface area (Å²) in [5.74, 6) is 0.824. The number of hydrogen-bond donors (Lipinski definition) is 0. The Kier molecular flexibility index (Phi) is 4.68. The highest BCUT2D eigenvalue weighted by Crippen LogP contribution is 2.38. The smallest absolute Gasteiger partial charge is 0.0726 e. The van der Waals surface area contributed by atoms with E-state index in [9.17, 15) is 0 Å². The Bertz CT molecular complexity index is 648. The van der Waals surface area contributed by atoms with Gasteiger partial charge in [-0.3, -0.25) is 0 Å². The predicted molar refractivity (Wildman–Crippen MR) is 92.2 cm³/mol. The first-order valence-electron chi connectivity index (χ1n) is 7.81. The van der Waals surface area contributed by atoms with Gasteiger partial charge in [0, 0.05) is 12.5 Å². The van der Waals surface area contributed by atoms with Gasteiger partial charge in [-0.25, -0.2) is 0 Å². The monoisotopic (exact) mass is 280 g/mol. The molecule has 1 heteroatoms. The number of rotatable bonds is 3. The molecule has 2 rings (SSSR count). The van der Waals surface area contributed by atoms with Crippen LogP contribution < -0.4 is 0 Å². The van der Waals surface area contributed by atoms with Gasteiger partial charge in [-0.05, 0) is 54.7 Å². The highest BCUT2D eigenvalue weighted by Gasteiger charge is 2.28. The summed E-state index contributed by atoms with van der Waals surface area (Å²) in [5, 5.41) is 0. The molecule has 0 saturated heterocycles. The van der Waals surface area contributed by atoms with Crippen molar-refractivity contribution in [3.63, 3.8) is 0 Å². The lowest BCUT2D eigenvalue weighted by molar-refractivity contribution is 0.641. The van der Waals surface area contributed by atoms with Crippen molar-refractivity contribution in [2.75, 3.05) is 0 Å². The van der Waals surface area contributed by atoms with Gasteiger partial charge in [-0.1, -0.05) is 43.7 Å². The molecule has 21 heavy (non-hydrogen) atoms. The molecule has 0 spiro atoms. The van der Waals surface area contributed by atoms with E-state index in [1.807, 2.05) is 0 Å². The maximum atomic E-state index is 4.54. The lowest BCUT2D eigenvalue weighted by Crippen LogP contribution is -2.08. The van der Waals surface area contributed by atoms with Crippen molar-refractivity contribution in [3.05, 3.63) is 62.7 Å². The summed E-state index contributed by atoms with van der Waals surface area (Å²) in [5.41, 5.74) is 7.98. The van der Waals surface area contributed by atoms with E-state index in [-0.39, 0.29) is 5.92 Å². The van der Waals surface area contributed by atoms with Crippen molar-refractivity contribution in [2.24, 2.45) is 11.8 Å². The van der Waals surface area contributed by atoms with Gasteiger partial charge in [-0.15, -0.1) is 0 Å². The summed E-state index contributed by atoms with van der Waals surface area (Å²) in [4.78, 5) is 4.54. The first-order chi connectivity index (χ1) is 9.91. The Morgan fingerprint density at radius 2 is 1.95 bits per heavy atom. The van der Waals surface area contributed by atoms with Gasteiger partial charge in [0.15, 0.2) is 0 Å². The second-order valence-corrected chi connectivity index (χ2v) is 6.58. The SMILES string of the molecule is CC(C)=C(CC(C)C)C1=C2C=CC=CC2C#[N+]C(C)=C1C. The molecule has 0 bridgehead atoms. The predicted octanol–water partition coefficient (Wildman–Crippen LogP) is 6.05. The molecule has 110 valence electrons. The Morgan fingerprint density at radius 1 is 1.24 bits per heavy atom. The summed E-state index contributed by atoms with van der Waals surface area (Å²) >= 11 is 0. The van der Waals surface area contributed by atoms with E-state index in [1.54, 1.807) is 0 Å². The lowest BCUT2D eigenvalue weighted by Gasteiger charge is -2.21. The maximum Gasteiger partial charge on any atom is 0.317 e. The number of hydrogen-bond acceptors (Lipinski definition) is 0. The van der Waals surface area contributed by atoms with Crippen molar-refractivity contribution in [1.82, 2.24) is 0 Å². The number of allylic oxidation sites excluding steroid dienone is 10. The van der Waals surface area contributed by atoms with Crippen LogP contribution >= 0.6 is 0 Å². The van der Waals surface area contributed by atoms with Gasteiger partial charge < -0.3 is 0 Å². The third kappa shape index (κ3) is 3.27. The minimum Gasteiger partial charge on any atom is -0.0726 e. The minimum atomic E-state index is 0.180. The van der Waals surface area contributed by atoms with Crippen LogP contribution in [0.2, 0.25) is 0 Å². The van der Waals surface area contributed by atoms with Crippen molar-refractivity contribution in [3.8, 4) is 6.07 Å². The molecule has 0 radical (unpaired) electrons. The molecule has 2 aliphatic rings. The average molecular weight is 280 g/mol. The zero-order valence-corrected chi connectivity index (χ0v) is 14.1. The van der Waals surface area contributed by atoms with E-state index in [4.69, 9.17) is 0 Å². The van der Waals surface area contributed by atoms with Gasteiger partial charge in [0.1, 0.15) is 5.92 Å². The Morgan fingerprint density at radius 3 is 2.57 bits per heavy atom. The van der Waals surface area contributed by atoms with Crippen molar-refractivity contribution in [2.45, 2.75) is 48.0 Å². The Hall–Kier alpha value is -1.81. The topological polar surface area (TPSA) is 4.36 Å². The third-order valence-corrected chi connectivity index (χ3v) is 4.12. The Balaban J connectivity index is 2.68. The van der Waals surface area contributed by atoms with Gasteiger partial charge >= 0.3 is 5.70 Å². The molecule has 0 aromatic carbocycles. The third-order valence-electron chi connectivity index (χ3n) is 4.12. The fraction of sp³-hybridized carbons (Fsp3) is 0.450. The second-order valence-electron chi connectivity index (χ2n) is 6.58. The normalized spacial score (nSPS) is 20.2. The molecule has 1 heterocycles. The van der Waals surface area contributed by atoms with Gasteiger partial charge in [0.05, 0.1) is 0 Å². The number of fused-ring (bicyclic) bond motifs is 1. The maximum absolute atomic E-state index is 4.54. The van der Waals surface area contributed by atoms with E-state index < -0.39 is 0 Å². The van der Waals surface area contributed by atoms with Crippen molar-refractivity contribution < 1.29 is 0 Å². The largest absolute Gasteiger partial charge is 0.317 e. The minimum absolute atomic E-state index is 0.180. The van der Waals surface area contributed by atoms with Crippen LogP contribution in [-0.2, 0) is 0 Å². The van der Waals surface area contributed by atoms with E-state index in [2.05, 4.69) is 76.8 Å². The molecule has 1 unspecified atom stereocenters.